The normalized spacial score (nSPS) is 10.5. The number of nitrogens with one attached hydrogen (secondary N) is 1. The maximum absolute atomic E-state index is 11.9. The molecule has 2 rings (SSSR count). The molecule has 0 aliphatic carbocycles. The minimum atomic E-state index is -0.190. The maximum Gasteiger partial charge on any atom is 0.248 e. The molecule has 0 aliphatic rings. The van der Waals surface area contributed by atoms with E-state index in [4.69, 9.17) is 9.47 Å². The molecule has 0 spiro atoms. The van der Waals surface area contributed by atoms with Crippen molar-refractivity contribution in [1.29, 1.82) is 0 Å². The molecule has 0 aromatic heterocycles. The van der Waals surface area contributed by atoms with Crippen molar-refractivity contribution in [2.24, 2.45) is 0 Å². The first-order chi connectivity index (χ1) is 11.2. The summed E-state index contributed by atoms with van der Waals surface area (Å²) in [5.41, 5.74) is 1.64. The molecule has 0 radical (unpaired) electrons. The molecule has 23 heavy (non-hydrogen) atoms. The van der Waals surface area contributed by atoms with Crippen LogP contribution >= 0.6 is 0 Å². The van der Waals surface area contributed by atoms with E-state index in [-0.39, 0.29) is 5.91 Å². The zero-order valence-electron chi connectivity index (χ0n) is 13.4. The Morgan fingerprint density at radius 2 is 1.91 bits per heavy atom. The Labute approximate surface area is 136 Å². The fourth-order valence-electron chi connectivity index (χ4n) is 1.95. The molecule has 0 saturated carbocycles. The average Bonchev–Trinajstić information content (AvgIpc) is 2.59. The first-order valence-corrected chi connectivity index (χ1v) is 7.57. The lowest BCUT2D eigenvalue weighted by atomic mass is 10.2. The number of carbonyl (C=O) groups is 1. The highest BCUT2D eigenvalue weighted by Gasteiger charge is 2.00. The summed E-state index contributed by atoms with van der Waals surface area (Å²) in [5.74, 6) is 1.35. The molecule has 1 amide bonds. The van der Waals surface area contributed by atoms with Crippen molar-refractivity contribution in [3.8, 4) is 11.5 Å². The van der Waals surface area contributed by atoms with Crippen LogP contribution < -0.4 is 14.8 Å². The number of benzene rings is 2. The summed E-state index contributed by atoms with van der Waals surface area (Å²) in [6, 6.07) is 14.9. The van der Waals surface area contributed by atoms with Crippen LogP contribution in [0.25, 0.3) is 6.08 Å². The van der Waals surface area contributed by atoms with Crippen molar-refractivity contribution in [3.63, 3.8) is 0 Å². The smallest absolute Gasteiger partial charge is 0.248 e. The molecule has 0 unspecified atom stereocenters. The standard InChI is InChI=1S/C19H21NO3/c1-3-13-23-17-10-7-15(8-11-17)9-12-19(21)20-16-5-4-6-18(14-16)22-2/h4-12,14H,3,13H2,1-2H3,(H,20,21). The third-order valence-corrected chi connectivity index (χ3v) is 3.12. The molecule has 0 atom stereocenters. The third kappa shape index (κ3) is 5.51. The van der Waals surface area contributed by atoms with E-state index < -0.39 is 0 Å². The van der Waals surface area contributed by atoms with Gasteiger partial charge in [-0.05, 0) is 42.3 Å². The van der Waals surface area contributed by atoms with Crippen molar-refractivity contribution in [1.82, 2.24) is 0 Å². The lowest BCUT2D eigenvalue weighted by molar-refractivity contribution is -0.111. The van der Waals surface area contributed by atoms with Crippen molar-refractivity contribution < 1.29 is 14.3 Å². The van der Waals surface area contributed by atoms with Gasteiger partial charge in [-0.2, -0.15) is 0 Å². The van der Waals surface area contributed by atoms with Gasteiger partial charge in [0.15, 0.2) is 0 Å². The van der Waals surface area contributed by atoms with Gasteiger partial charge in [-0.15, -0.1) is 0 Å². The van der Waals surface area contributed by atoms with Crippen LogP contribution in [0.2, 0.25) is 0 Å². The van der Waals surface area contributed by atoms with Crippen LogP contribution in [-0.4, -0.2) is 19.6 Å². The predicted octanol–water partition coefficient (Wildman–Crippen LogP) is 4.14. The molecule has 0 saturated heterocycles. The molecule has 2 aromatic carbocycles. The lowest BCUT2D eigenvalue weighted by Gasteiger charge is -2.05. The molecule has 0 bridgehead atoms. The zero-order chi connectivity index (χ0) is 16.5. The van der Waals surface area contributed by atoms with Crippen LogP contribution in [0.3, 0.4) is 0 Å². The van der Waals surface area contributed by atoms with E-state index in [0.717, 1.165) is 17.7 Å². The van der Waals surface area contributed by atoms with Gasteiger partial charge in [0.2, 0.25) is 5.91 Å². The number of hydrogen-bond acceptors (Lipinski definition) is 3. The van der Waals surface area contributed by atoms with Crippen LogP contribution in [0.1, 0.15) is 18.9 Å². The number of methoxy groups -OCH3 is 1. The Kier molecular flexibility index (Phi) is 6.24. The van der Waals surface area contributed by atoms with Gasteiger partial charge in [0, 0.05) is 17.8 Å². The first-order valence-electron chi connectivity index (χ1n) is 7.57. The van der Waals surface area contributed by atoms with Crippen molar-refractivity contribution in [2.45, 2.75) is 13.3 Å². The van der Waals surface area contributed by atoms with Crippen LogP contribution in [0, 0.1) is 0 Å². The number of amides is 1. The summed E-state index contributed by atoms with van der Waals surface area (Å²) in [6.07, 6.45) is 4.24. The van der Waals surface area contributed by atoms with Crippen LogP contribution in [0.15, 0.2) is 54.6 Å². The predicted molar refractivity (Wildman–Crippen MR) is 92.9 cm³/mol. The number of ether oxygens (including phenoxy) is 2. The summed E-state index contributed by atoms with van der Waals surface area (Å²) in [4.78, 5) is 11.9. The Hall–Kier alpha value is -2.75. The van der Waals surface area contributed by atoms with E-state index in [9.17, 15) is 4.79 Å². The second-order valence-corrected chi connectivity index (χ2v) is 4.97. The topological polar surface area (TPSA) is 47.6 Å². The number of hydrogen-bond donors (Lipinski definition) is 1. The Morgan fingerprint density at radius 3 is 2.61 bits per heavy atom. The molecule has 2 aromatic rings. The largest absolute Gasteiger partial charge is 0.497 e. The minimum Gasteiger partial charge on any atom is -0.497 e. The Balaban J connectivity index is 1.92. The maximum atomic E-state index is 11.9. The lowest BCUT2D eigenvalue weighted by Crippen LogP contribution is -2.07. The first kappa shape index (κ1) is 16.6. The van der Waals surface area contributed by atoms with Gasteiger partial charge in [-0.1, -0.05) is 25.1 Å². The van der Waals surface area contributed by atoms with Gasteiger partial charge in [0.1, 0.15) is 11.5 Å². The summed E-state index contributed by atoms with van der Waals surface area (Å²) < 4.78 is 10.6. The van der Waals surface area contributed by atoms with E-state index in [0.29, 0.717) is 18.0 Å². The molecule has 0 fully saturated rings. The highest BCUT2D eigenvalue weighted by molar-refractivity contribution is 6.02. The van der Waals surface area contributed by atoms with E-state index in [1.807, 2.05) is 42.5 Å². The molecule has 120 valence electrons. The molecular weight excluding hydrogens is 290 g/mol. The molecule has 4 nitrogen and oxygen atoms in total. The Bertz CT molecular complexity index is 663. The van der Waals surface area contributed by atoms with Crippen molar-refractivity contribution in [2.75, 3.05) is 19.0 Å². The summed E-state index contributed by atoms with van der Waals surface area (Å²) in [5, 5.41) is 2.80. The molecule has 1 N–H and O–H groups in total. The second kappa shape index (κ2) is 8.63. The number of anilines is 1. The van der Waals surface area contributed by atoms with E-state index in [1.165, 1.54) is 6.08 Å². The van der Waals surface area contributed by atoms with Gasteiger partial charge >= 0.3 is 0 Å². The third-order valence-electron chi connectivity index (χ3n) is 3.12. The molecule has 0 heterocycles. The van der Waals surface area contributed by atoms with Crippen LogP contribution in [-0.2, 0) is 4.79 Å². The monoisotopic (exact) mass is 311 g/mol. The summed E-state index contributed by atoms with van der Waals surface area (Å²) >= 11 is 0. The van der Waals surface area contributed by atoms with Gasteiger partial charge < -0.3 is 14.8 Å². The van der Waals surface area contributed by atoms with Crippen molar-refractivity contribution in [3.05, 3.63) is 60.2 Å². The zero-order valence-corrected chi connectivity index (χ0v) is 13.4. The van der Waals surface area contributed by atoms with Gasteiger partial charge in [0.05, 0.1) is 13.7 Å². The van der Waals surface area contributed by atoms with Gasteiger partial charge in [-0.25, -0.2) is 0 Å². The van der Waals surface area contributed by atoms with E-state index >= 15 is 0 Å². The second-order valence-electron chi connectivity index (χ2n) is 4.97. The summed E-state index contributed by atoms with van der Waals surface area (Å²) in [7, 11) is 1.59. The highest BCUT2D eigenvalue weighted by atomic mass is 16.5. The van der Waals surface area contributed by atoms with E-state index in [1.54, 1.807) is 19.3 Å². The van der Waals surface area contributed by atoms with Crippen LogP contribution in [0.4, 0.5) is 5.69 Å². The molecular formula is C19H21NO3. The van der Waals surface area contributed by atoms with Gasteiger partial charge in [-0.3, -0.25) is 4.79 Å². The number of carbonyl (C=O) groups excluding carboxylic acids is 1. The SMILES string of the molecule is CCCOc1ccc(C=CC(=O)Nc2cccc(OC)c2)cc1. The highest BCUT2D eigenvalue weighted by Crippen LogP contribution is 2.17. The number of rotatable bonds is 7. The van der Waals surface area contributed by atoms with Crippen molar-refractivity contribution >= 4 is 17.7 Å². The van der Waals surface area contributed by atoms with E-state index in [2.05, 4.69) is 12.2 Å². The minimum absolute atomic E-state index is 0.190. The molecule has 4 heteroatoms. The van der Waals surface area contributed by atoms with Gasteiger partial charge in [0.25, 0.3) is 0 Å². The summed E-state index contributed by atoms with van der Waals surface area (Å²) in [6.45, 7) is 2.77. The fourth-order valence-corrected chi connectivity index (χ4v) is 1.95. The Morgan fingerprint density at radius 1 is 1.13 bits per heavy atom. The molecule has 0 aliphatic heterocycles. The average molecular weight is 311 g/mol. The fraction of sp³-hybridized carbons (Fsp3) is 0.211. The quantitative estimate of drug-likeness (QED) is 0.782. The van der Waals surface area contributed by atoms with Crippen LogP contribution in [0.5, 0.6) is 11.5 Å².